The molecule has 0 aliphatic rings. The molecule has 3 rings (SSSR count). The summed E-state index contributed by atoms with van der Waals surface area (Å²) in [4.78, 5) is 12.6. The van der Waals surface area contributed by atoms with Gasteiger partial charge in [0.05, 0.1) is 5.52 Å². The van der Waals surface area contributed by atoms with Gasteiger partial charge in [-0.05, 0) is 31.2 Å². The number of rotatable bonds is 4. The van der Waals surface area contributed by atoms with Gasteiger partial charge < -0.3 is 5.32 Å². The van der Waals surface area contributed by atoms with Crippen LogP contribution < -0.4 is 5.32 Å². The molecule has 20 heavy (non-hydrogen) atoms. The van der Waals surface area contributed by atoms with Crippen LogP contribution >= 0.6 is 0 Å². The van der Waals surface area contributed by atoms with E-state index in [2.05, 4.69) is 32.4 Å². The molecule has 1 N–H and O–H groups in total. The largest absolute Gasteiger partial charge is 0.313 e. The third-order valence-corrected chi connectivity index (χ3v) is 3.49. The van der Waals surface area contributed by atoms with Crippen molar-refractivity contribution >= 4 is 10.9 Å². The van der Waals surface area contributed by atoms with Gasteiger partial charge in [0, 0.05) is 35.6 Å². The lowest BCUT2D eigenvalue weighted by molar-refractivity contribution is 0.589. The highest BCUT2D eigenvalue weighted by Crippen LogP contribution is 2.22. The molecule has 0 amide bonds. The van der Waals surface area contributed by atoms with Gasteiger partial charge >= 0.3 is 0 Å². The first-order chi connectivity index (χ1) is 9.88. The predicted molar refractivity (Wildman–Crippen MR) is 79.3 cm³/mol. The molecule has 1 unspecified atom stereocenters. The van der Waals surface area contributed by atoms with E-state index in [0.717, 1.165) is 17.5 Å². The van der Waals surface area contributed by atoms with Gasteiger partial charge in [0.25, 0.3) is 0 Å². The summed E-state index contributed by atoms with van der Waals surface area (Å²) >= 11 is 0. The number of pyridine rings is 1. The minimum atomic E-state index is 0.196. The van der Waals surface area contributed by atoms with E-state index in [-0.39, 0.29) is 6.04 Å². The molecule has 1 atom stereocenters. The number of hydrogen-bond acceptors (Lipinski definition) is 4. The smallest absolute Gasteiger partial charge is 0.115 e. The number of para-hydroxylation sites is 1. The van der Waals surface area contributed by atoms with Crippen LogP contribution in [0.2, 0.25) is 0 Å². The van der Waals surface area contributed by atoms with E-state index in [9.17, 15) is 0 Å². The number of nitrogens with zero attached hydrogens (tertiary/aromatic N) is 3. The molecule has 2 aromatic heterocycles. The molecule has 0 radical (unpaired) electrons. The Hall–Kier alpha value is -2.33. The lowest BCUT2D eigenvalue weighted by atomic mass is 9.98. The Morgan fingerprint density at radius 1 is 1.10 bits per heavy atom. The zero-order valence-electron chi connectivity index (χ0n) is 11.3. The molecular weight excluding hydrogens is 248 g/mol. The summed E-state index contributed by atoms with van der Waals surface area (Å²) in [5.41, 5.74) is 3.40. The normalized spacial score (nSPS) is 12.4. The van der Waals surface area contributed by atoms with E-state index >= 15 is 0 Å². The minimum absolute atomic E-state index is 0.196. The van der Waals surface area contributed by atoms with Crippen LogP contribution in [0.3, 0.4) is 0 Å². The fourth-order valence-electron chi connectivity index (χ4n) is 2.43. The molecule has 0 saturated carbocycles. The SMILES string of the molecule is CNC(Cc1ccnc2ccccc12)c1cncnc1. The van der Waals surface area contributed by atoms with Crippen molar-refractivity contribution in [2.45, 2.75) is 12.5 Å². The molecule has 0 bridgehead atoms. The van der Waals surface area contributed by atoms with Gasteiger partial charge in [-0.3, -0.25) is 4.98 Å². The van der Waals surface area contributed by atoms with Crippen molar-refractivity contribution in [3.63, 3.8) is 0 Å². The monoisotopic (exact) mass is 264 g/mol. The summed E-state index contributed by atoms with van der Waals surface area (Å²) in [5.74, 6) is 0. The summed E-state index contributed by atoms with van der Waals surface area (Å²) in [6.45, 7) is 0. The van der Waals surface area contributed by atoms with Crippen LogP contribution in [0.4, 0.5) is 0 Å². The maximum Gasteiger partial charge on any atom is 0.115 e. The lowest BCUT2D eigenvalue weighted by Gasteiger charge is -2.17. The number of nitrogens with one attached hydrogen (secondary N) is 1. The van der Waals surface area contributed by atoms with Crippen LogP contribution in [0, 0.1) is 0 Å². The Morgan fingerprint density at radius 3 is 2.70 bits per heavy atom. The molecule has 0 saturated heterocycles. The Balaban J connectivity index is 1.96. The van der Waals surface area contributed by atoms with Gasteiger partial charge in [0.15, 0.2) is 0 Å². The van der Waals surface area contributed by atoms with Gasteiger partial charge in [-0.1, -0.05) is 18.2 Å². The molecule has 4 heteroatoms. The van der Waals surface area contributed by atoms with E-state index in [1.165, 1.54) is 10.9 Å². The van der Waals surface area contributed by atoms with Crippen molar-refractivity contribution in [2.75, 3.05) is 7.05 Å². The third kappa shape index (κ3) is 2.51. The van der Waals surface area contributed by atoms with Crippen molar-refractivity contribution in [2.24, 2.45) is 0 Å². The topological polar surface area (TPSA) is 50.7 Å². The van der Waals surface area contributed by atoms with Crippen LogP contribution in [-0.4, -0.2) is 22.0 Å². The van der Waals surface area contributed by atoms with Crippen molar-refractivity contribution in [1.29, 1.82) is 0 Å². The Labute approximate surface area is 117 Å². The van der Waals surface area contributed by atoms with E-state index in [4.69, 9.17) is 0 Å². The highest BCUT2D eigenvalue weighted by molar-refractivity contribution is 5.81. The fourth-order valence-corrected chi connectivity index (χ4v) is 2.43. The maximum absolute atomic E-state index is 4.40. The first kappa shape index (κ1) is 12.7. The van der Waals surface area contributed by atoms with Crippen molar-refractivity contribution in [3.05, 3.63) is 66.4 Å². The standard InChI is InChI=1S/C16H16N4/c1-17-16(13-9-18-11-19-10-13)8-12-6-7-20-15-5-3-2-4-14(12)15/h2-7,9-11,16-17H,8H2,1H3. The minimum Gasteiger partial charge on any atom is -0.313 e. The fraction of sp³-hybridized carbons (Fsp3) is 0.188. The number of likely N-dealkylation sites (N-methyl/N-ethyl adjacent to an activating group) is 1. The highest BCUT2D eigenvalue weighted by Gasteiger charge is 2.12. The number of aromatic nitrogens is 3. The number of benzene rings is 1. The molecule has 4 nitrogen and oxygen atoms in total. The lowest BCUT2D eigenvalue weighted by Crippen LogP contribution is -2.19. The second kappa shape index (κ2) is 5.75. The van der Waals surface area contributed by atoms with Gasteiger partial charge in [-0.2, -0.15) is 0 Å². The van der Waals surface area contributed by atoms with Crippen LogP contribution in [0.1, 0.15) is 17.2 Å². The van der Waals surface area contributed by atoms with Gasteiger partial charge in [0.2, 0.25) is 0 Å². The second-order valence-electron chi connectivity index (χ2n) is 4.70. The summed E-state index contributed by atoms with van der Waals surface area (Å²) in [5, 5.41) is 4.53. The second-order valence-corrected chi connectivity index (χ2v) is 4.70. The first-order valence-electron chi connectivity index (χ1n) is 6.63. The molecule has 100 valence electrons. The summed E-state index contributed by atoms with van der Waals surface area (Å²) in [6.07, 6.45) is 8.02. The predicted octanol–water partition coefficient (Wildman–Crippen LogP) is 2.53. The first-order valence-corrected chi connectivity index (χ1v) is 6.63. The third-order valence-electron chi connectivity index (χ3n) is 3.49. The molecule has 2 heterocycles. The molecule has 1 aromatic carbocycles. The van der Waals surface area contributed by atoms with Crippen LogP contribution in [-0.2, 0) is 6.42 Å². The molecule has 0 aliphatic heterocycles. The summed E-state index contributed by atoms with van der Waals surface area (Å²) in [7, 11) is 1.96. The average Bonchev–Trinajstić information content (AvgIpc) is 2.53. The zero-order chi connectivity index (χ0) is 13.8. The van der Waals surface area contributed by atoms with E-state index in [1.54, 1.807) is 6.33 Å². The Bertz CT molecular complexity index is 692. The van der Waals surface area contributed by atoms with E-state index in [0.29, 0.717) is 0 Å². The zero-order valence-corrected chi connectivity index (χ0v) is 11.3. The summed E-state index contributed by atoms with van der Waals surface area (Å²) < 4.78 is 0. The quantitative estimate of drug-likeness (QED) is 0.786. The van der Waals surface area contributed by atoms with Gasteiger partial charge in [-0.25, -0.2) is 9.97 Å². The number of fused-ring (bicyclic) bond motifs is 1. The van der Waals surface area contributed by atoms with Crippen LogP contribution in [0.25, 0.3) is 10.9 Å². The van der Waals surface area contributed by atoms with Crippen LogP contribution in [0.15, 0.2) is 55.2 Å². The summed E-state index contributed by atoms with van der Waals surface area (Å²) in [6, 6.07) is 10.5. The van der Waals surface area contributed by atoms with Crippen molar-refractivity contribution in [1.82, 2.24) is 20.3 Å². The average molecular weight is 264 g/mol. The molecular formula is C16H16N4. The Kier molecular flexibility index (Phi) is 3.65. The highest BCUT2D eigenvalue weighted by atomic mass is 14.9. The van der Waals surface area contributed by atoms with Crippen LogP contribution in [0.5, 0.6) is 0 Å². The van der Waals surface area contributed by atoms with Gasteiger partial charge in [0.1, 0.15) is 6.33 Å². The molecule has 0 fully saturated rings. The van der Waals surface area contributed by atoms with Crippen molar-refractivity contribution < 1.29 is 0 Å². The van der Waals surface area contributed by atoms with E-state index in [1.807, 2.05) is 43.8 Å². The van der Waals surface area contributed by atoms with E-state index < -0.39 is 0 Å². The van der Waals surface area contributed by atoms with Gasteiger partial charge in [-0.15, -0.1) is 0 Å². The maximum atomic E-state index is 4.40. The van der Waals surface area contributed by atoms with Crippen molar-refractivity contribution in [3.8, 4) is 0 Å². The molecule has 3 aromatic rings. The number of hydrogen-bond donors (Lipinski definition) is 1. The molecule has 0 spiro atoms. The Morgan fingerprint density at radius 2 is 1.90 bits per heavy atom. The molecule has 0 aliphatic carbocycles.